The molecule has 1 aliphatic heterocycles. The van der Waals surface area contributed by atoms with Gasteiger partial charge in [0, 0.05) is 17.1 Å². The van der Waals surface area contributed by atoms with Crippen molar-refractivity contribution in [2.75, 3.05) is 13.2 Å². The molecule has 1 unspecified atom stereocenters. The van der Waals surface area contributed by atoms with Crippen molar-refractivity contribution in [1.29, 1.82) is 0 Å². The van der Waals surface area contributed by atoms with E-state index < -0.39 is 17.7 Å². The average Bonchev–Trinajstić information content (AvgIpc) is 3.13. The Balaban J connectivity index is 1.73. The lowest BCUT2D eigenvalue weighted by Crippen LogP contribution is -2.31. The fourth-order valence-corrected chi connectivity index (χ4v) is 4.43. The third-order valence-corrected chi connectivity index (χ3v) is 6.53. The van der Waals surface area contributed by atoms with Crippen LogP contribution in [0.5, 0.6) is 5.75 Å². The van der Waals surface area contributed by atoms with Crippen LogP contribution in [0.1, 0.15) is 43.0 Å². The quantitative estimate of drug-likeness (QED) is 0.207. The second kappa shape index (κ2) is 11.4. The Morgan fingerprint density at radius 1 is 1.00 bits per heavy atom. The monoisotopic (exact) mass is 503 g/mol. The summed E-state index contributed by atoms with van der Waals surface area (Å²) in [7, 11) is 0. The van der Waals surface area contributed by atoms with Crippen molar-refractivity contribution in [1.82, 2.24) is 4.90 Å². The number of rotatable bonds is 9. The Labute approximate surface area is 217 Å². The molecule has 0 saturated carbocycles. The SMILES string of the molecule is CC(C)CCOc1cccc(C2C(=C(O)c3ccc(Cl)cc3)C(=O)C(=O)N2CCc2ccccc2)c1. The number of hydrogen-bond donors (Lipinski definition) is 1. The number of benzene rings is 3. The molecule has 1 fully saturated rings. The summed E-state index contributed by atoms with van der Waals surface area (Å²) in [5.41, 5.74) is 2.26. The van der Waals surface area contributed by atoms with E-state index in [1.54, 1.807) is 29.2 Å². The van der Waals surface area contributed by atoms with Gasteiger partial charge in [0.05, 0.1) is 18.2 Å². The molecule has 3 aromatic rings. The Morgan fingerprint density at radius 2 is 1.72 bits per heavy atom. The second-order valence-electron chi connectivity index (χ2n) is 9.34. The molecule has 0 aliphatic carbocycles. The van der Waals surface area contributed by atoms with Crippen molar-refractivity contribution in [3.8, 4) is 5.75 Å². The number of ketones is 1. The van der Waals surface area contributed by atoms with E-state index in [0.29, 0.717) is 47.4 Å². The lowest BCUT2D eigenvalue weighted by Gasteiger charge is -2.26. The van der Waals surface area contributed by atoms with Crippen molar-refractivity contribution >= 4 is 29.1 Å². The van der Waals surface area contributed by atoms with Crippen molar-refractivity contribution in [2.45, 2.75) is 32.7 Å². The number of aliphatic hydroxyl groups is 1. The largest absolute Gasteiger partial charge is 0.507 e. The highest BCUT2D eigenvalue weighted by atomic mass is 35.5. The maximum Gasteiger partial charge on any atom is 0.295 e. The summed E-state index contributed by atoms with van der Waals surface area (Å²) < 4.78 is 5.95. The number of carbonyl (C=O) groups is 2. The number of hydrogen-bond acceptors (Lipinski definition) is 4. The number of likely N-dealkylation sites (tertiary alicyclic amines) is 1. The standard InChI is InChI=1S/C30H30ClNO4/c1-20(2)16-18-36-25-10-6-9-23(19-25)27-26(28(33)22-11-13-24(31)14-12-22)29(34)30(35)32(27)17-15-21-7-4-3-5-8-21/h3-14,19-20,27,33H,15-18H2,1-2H3. The Morgan fingerprint density at radius 3 is 2.42 bits per heavy atom. The topological polar surface area (TPSA) is 66.8 Å². The van der Waals surface area contributed by atoms with E-state index in [1.165, 1.54) is 0 Å². The Bertz CT molecular complexity index is 1250. The van der Waals surface area contributed by atoms with Gasteiger partial charge in [-0.05, 0) is 66.3 Å². The maximum atomic E-state index is 13.3. The molecule has 1 N–H and O–H groups in total. The van der Waals surface area contributed by atoms with Gasteiger partial charge in [-0.1, -0.05) is 67.9 Å². The van der Waals surface area contributed by atoms with Crippen LogP contribution in [0.15, 0.2) is 84.4 Å². The third kappa shape index (κ3) is 5.80. The molecule has 186 valence electrons. The predicted molar refractivity (Wildman–Crippen MR) is 142 cm³/mol. The molecule has 0 aromatic heterocycles. The predicted octanol–water partition coefficient (Wildman–Crippen LogP) is 6.43. The van der Waals surface area contributed by atoms with Gasteiger partial charge in [-0.15, -0.1) is 0 Å². The zero-order valence-corrected chi connectivity index (χ0v) is 21.2. The third-order valence-electron chi connectivity index (χ3n) is 6.28. The molecule has 1 aliphatic rings. The summed E-state index contributed by atoms with van der Waals surface area (Å²) in [6, 6.07) is 23.0. The van der Waals surface area contributed by atoms with E-state index in [2.05, 4.69) is 13.8 Å². The minimum Gasteiger partial charge on any atom is -0.507 e. The number of amides is 1. The summed E-state index contributed by atoms with van der Waals surface area (Å²) in [6.45, 7) is 5.17. The minimum absolute atomic E-state index is 0.0646. The van der Waals surface area contributed by atoms with Gasteiger partial charge in [-0.25, -0.2) is 0 Å². The zero-order valence-electron chi connectivity index (χ0n) is 20.5. The van der Waals surface area contributed by atoms with Gasteiger partial charge >= 0.3 is 0 Å². The van der Waals surface area contributed by atoms with Gasteiger partial charge in [0.15, 0.2) is 0 Å². The highest BCUT2D eigenvalue weighted by Crippen LogP contribution is 2.40. The van der Waals surface area contributed by atoms with Gasteiger partial charge in [-0.3, -0.25) is 9.59 Å². The Hall–Kier alpha value is -3.57. The Kier molecular flexibility index (Phi) is 8.11. The molecule has 36 heavy (non-hydrogen) atoms. The summed E-state index contributed by atoms with van der Waals surface area (Å²) >= 11 is 6.01. The number of Topliss-reactive ketones (excluding diaryl/α,β-unsaturated/α-hetero) is 1. The van der Waals surface area contributed by atoms with Crippen molar-refractivity contribution in [3.05, 3.63) is 106 Å². The van der Waals surface area contributed by atoms with Crippen LogP contribution in [0.25, 0.3) is 5.76 Å². The second-order valence-corrected chi connectivity index (χ2v) is 9.77. The molecule has 1 saturated heterocycles. The smallest absolute Gasteiger partial charge is 0.295 e. The van der Waals surface area contributed by atoms with E-state index in [4.69, 9.17) is 16.3 Å². The van der Waals surface area contributed by atoms with Crippen molar-refractivity contribution in [3.63, 3.8) is 0 Å². The van der Waals surface area contributed by atoms with E-state index in [1.807, 2.05) is 54.6 Å². The van der Waals surface area contributed by atoms with E-state index in [-0.39, 0.29) is 11.3 Å². The summed E-state index contributed by atoms with van der Waals surface area (Å²) in [4.78, 5) is 28.0. The van der Waals surface area contributed by atoms with Gasteiger partial charge in [0.25, 0.3) is 11.7 Å². The summed E-state index contributed by atoms with van der Waals surface area (Å²) in [5.74, 6) is -0.376. The first kappa shape index (κ1) is 25.5. The number of carbonyl (C=O) groups excluding carboxylic acids is 2. The maximum absolute atomic E-state index is 13.3. The number of halogens is 1. The van der Waals surface area contributed by atoms with Crippen LogP contribution in [0.4, 0.5) is 0 Å². The molecular weight excluding hydrogens is 474 g/mol. The van der Waals surface area contributed by atoms with E-state index in [0.717, 1.165) is 12.0 Å². The molecule has 3 aromatic carbocycles. The van der Waals surface area contributed by atoms with Crippen molar-refractivity contribution in [2.24, 2.45) is 5.92 Å². The fraction of sp³-hybridized carbons (Fsp3) is 0.267. The first-order valence-corrected chi connectivity index (χ1v) is 12.5. The zero-order chi connectivity index (χ0) is 25.7. The first-order valence-electron chi connectivity index (χ1n) is 12.2. The highest BCUT2D eigenvalue weighted by Gasteiger charge is 2.45. The molecule has 1 amide bonds. The van der Waals surface area contributed by atoms with Gasteiger partial charge in [0.2, 0.25) is 0 Å². The average molecular weight is 504 g/mol. The molecule has 1 atom stereocenters. The molecule has 0 spiro atoms. The van der Waals surface area contributed by atoms with Crippen LogP contribution >= 0.6 is 11.6 Å². The lowest BCUT2D eigenvalue weighted by molar-refractivity contribution is -0.139. The number of nitrogens with zero attached hydrogens (tertiary/aromatic N) is 1. The molecule has 5 nitrogen and oxygen atoms in total. The van der Waals surface area contributed by atoms with Crippen LogP contribution in [-0.2, 0) is 16.0 Å². The summed E-state index contributed by atoms with van der Waals surface area (Å²) in [5, 5.41) is 11.7. The minimum atomic E-state index is -0.738. The van der Waals surface area contributed by atoms with Gasteiger partial charge in [0.1, 0.15) is 11.5 Å². The van der Waals surface area contributed by atoms with Gasteiger partial charge in [-0.2, -0.15) is 0 Å². The number of aliphatic hydroxyl groups excluding tert-OH is 1. The van der Waals surface area contributed by atoms with Crippen LogP contribution in [0, 0.1) is 5.92 Å². The van der Waals surface area contributed by atoms with Crippen LogP contribution in [-0.4, -0.2) is 34.8 Å². The lowest BCUT2D eigenvalue weighted by atomic mass is 9.95. The fourth-order valence-electron chi connectivity index (χ4n) is 4.30. The molecule has 4 rings (SSSR count). The highest BCUT2D eigenvalue weighted by molar-refractivity contribution is 6.46. The molecule has 0 bridgehead atoms. The summed E-state index contributed by atoms with van der Waals surface area (Å²) in [6.07, 6.45) is 1.49. The first-order chi connectivity index (χ1) is 17.3. The van der Waals surface area contributed by atoms with E-state index in [9.17, 15) is 14.7 Å². The molecule has 1 heterocycles. The molecule has 6 heteroatoms. The number of ether oxygens (including phenoxy) is 1. The van der Waals surface area contributed by atoms with Crippen LogP contribution < -0.4 is 4.74 Å². The molecular formula is C30H30ClNO4. The molecule has 0 radical (unpaired) electrons. The van der Waals surface area contributed by atoms with Crippen LogP contribution in [0.2, 0.25) is 5.02 Å². The van der Waals surface area contributed by atoms with Crippen molar-refractivity contribution < 1.29 is 19.4 Å². The normalized spacial score (nSPS) is 17.1. The van der Waals surface area contributed by atoms with E-state index >= 15 is 0 Å². The van der Waals surface area contributed by atoms with Crippen LogP contribution in [0.3, 0.4) is 0 Å². The van der Waals surface area contributed by atoms with Gasteiger partial charge < -0.3 is 14.7 Å².